The van der Waals surface area contributed by atoms with E-state index in [2.05, 4.69) is 16.8 Å². The molecule has 7 nitrogen and oxygen atoms in total. The zero-order valence-electron chi connectivity index (χ0n) is 16.8. The van der Waals surface area contributed by atoms with Gasteiger partial charge in [-0.2, -0.15) is 5.26 Å². The normalized spacial score (nSPS) is 10.2. The van der Waals surface area contributed by atoms with Gasteiger partial charge in [-0.1, -0.05) is 12.1 Å². The van der Waals surface area contributed by atoms with E-state index in [-0.39, 0.29) is 18.4 Å². The van der Waals surface area contributed by atoms with E-state index < -0.39 is 0 Å². The minimum Gasteiger partial charge on any atom is -0.484 e. The molecule has 0 radical (unpaired) electrons. The van der Waals surface area contributed by atoms with Crippen LogP contribution in [0, 0.1) is 25.2 Å². The molecule has 2 aromatic carbocycles. The van der Waals surface area contributed by atoms with Gasteiger partial charge >= 0.3 is 0 Å². The van der Waals surface area contributed by atoms with Crippen molar-refractivity contribution in [2.45, 2.75) is 20.3 Å². The Morgan fingerprint density at radius 3 is 2.20 bits per heavy atom. The Kier molecular flexibility index (Phi) is 6.50. The van der Waals surface area contributed by atoms with Crippen LogP contribution in [0.25, 0.3) is 0 Å². The van der Waals surface area contributed by atoms with E-state index in [1.807, 2.05) is 26.0 Å². The Morgan fingerprint density at radius 2 is 1.60 bits per heavy atom. The highest BCUT2D eigenvalue weighted by atomic mass is 16.5. The molecule has 1 heterocycles. The highest BCUT2D eigenvalue weighted by Crippen LogP contribution is 2.14. The summed E-state index contributed by atoms with van der Waals surface area (Å²) in [5.41, 5.74) is 6.71. The van der Waals surface area contributed by atoms with Crippen LogP contribution in [0.5, 0.6) is 5.75 Å². The number of hydrogen-bond donors (Lipinski definition) is 2. The highest BCUT2D eigenvalue weighted by molar-refractivity contribution is 6.00. The predicted octanol–water partition coefficient (Wildman–Crippen LogP) is 3.57. The van der Waals surface area contributed by atoms with Crippen LogP contribution in [-0.2, 0) is 11.2 Å². The average Bonchev–Trinajstić information content (AvgIpc) is 3.06. The quantitative estimate of drug-likeness (QED) is 0.631. The van der Waals surface area contributed by atoms with E-state index in [1.165, 1.54) is 0 Å². The van der Waals surface area contributed by atoms with Gasteiger partial charge in [0.05, 0.1) is 12.5 Å². The second kappa shape index (κ2) is 9.43. The van der Waals surface area contributed by atoms with Crippen LogP contribution in [0.4, 0.5) is 5.69 Å². The summed E-state index contributed by atoms with van der Waals surface area (Å²) in [4.78, 5) is 24.5. The van der Waals surface area contributed by atoms with Gasteiger partial charge in [0.25, 0.3) is 11.8 Å². The third kappa shape index (κ3) is 5.26. The minimum absolute atomic E-state index is 0.159. The number of nitrogens with zero attached hydrogens (tertiary/aromatic N) is 2. The number of carbonyl (C=O) groups excluding carboxylic acids is 2. The summed E-state index contributed by atoms with van der Waals surface area (Å²) in [6.45, 7) is 3.67. The van der Waals surface area contributed by atoms with E-state index in [4.69, 9.17) is 10.00 Å². The fourth-order valence-electron chi connectivity index (χ4n) is 2.86. The number of hydrogen-bond acceptors (Lipinski definition) is 4. The Morgan fingerprint density at radius 1 is 0.967 bits per heavy atom. The van der Waals surface area contributed by atoms with Crippen molar-refractivity contribution in [3.63, 3.8) is 0 Å². The topological polar surface area (TPSA) is 96.2 Å². The molecule has 0 spiro atoms. The summed E-state index contributed by atoms with van der Waals surface area (Å²) in [6.07, 6.45) is 0.329. The lowest BCUT2D eigenvalue weighted by molar-refractivity contribution is -0.118. The predicted molar refractivity (Wildman–Crippen MR) is 114 cm³/mol. The number of carbonyl (C=O) groups is 2. The molecule has 7 heteroatoms. The molecule has 1 aromatic heterocycles. The Bertz CT molecular complexity index is 1060. The fourth-order valence-corrected chi connectivity index (χ4v) is 2.86. The largest absolute Gasteiger partial charge is 0.484 e. The number of ether oxygens (including phenoxy) is 1. The van der Waals surface area contributed by atoms with Crippen LogP contribution in [0.2, 0.25) is 0 Å². The number of anilines is 1. The van der Waals surface area contributed by atoms with Gasteiger partial charge in [0, 0.05) is 22.6 Å². The third-order valence-corrected chi connectivity index (χ3v) is 4.49. The molecular formula is C23H22N4O3. The van der Waals surface area contributed by atoms with Crippen molar-refractivity contribution in [1.82, 2.24) is 4.68 Å². The maximum absolute atomic E-state index is 12.4. The molecule has 30 heavy (non-hydrogen) atoms. The number of aromatic nitrogens is 1. The second-order valence-electron chi connectivity index (χ2n) is 6.79. The van der Waals surface area contributed by atoms with Gasteiger partial charge in [-0.15, -0.1) is 0 Å². The molecule has 0 unspecified atom stereocenters. The molecule has 0 saturated heterocycles. The number of nitriles is 1. The van der Waals surface area contributed by atoms with Crippen molar-refractivity contribution in [2.75, 3.05) is 17.3 Å². The molecule has 0 aliphatic heterocycles. The van der Waals surface area contributed by atoms with E-state index in [9.17, 15) is 9.59 Å². The van der Waals surface area contributed by atoms with Crippen molar-refractivity contribution in [1.29, 1.82) is 5.26 Å². The maximum Gasteiger partial charge on any atom is 0.270 e. The van der Waals surface area contributed by atoms with Crippen molar-refractivity contribution >= 4 is 17.5 Å². The number of amides is 2. The molecule has 152 valence electrons. The van der Waals surface area contributed by atoms with Gasteiger partial charge in [0.1, 0.15) is 5.75 Å². The Labute approximate surface area is 174 Å². The maximum atomic E-state index is 12.4. The number of benzene rings is 2. The van der Waals surface area contributed by atoms with E-state index in [0.29, 0.717) is 23.4 Å². The lowest BCUT2D eigenvalue weighted by Crippen LogP contribution is -2.24. The van der Waals surface area contributed by atoms with Crippen LogP contribution in [0.15, 0.2) is 60.7 Å². The van der Waals surface area contributed by atoms with Gasteiger partial charge in [-0.25, -0.2) is 0 Å². The molecular weight excluding hydrogens is 380 g/mol. The first-order valence-electron chi connectivity index (χ1n) is 9.41. The van der Waals surface area contributed by atoms with Crippen LogP contribution >= 0.6 is 0 Å². The first-order valence-corrected chi connectivity index (χ1v) is 9.41. The zero-order valence-corrected chi connectivity index (χ0v) is 16.8. The summed E-state index contributed by atoms with van der Waals surface area (Å²) in [6, 6.07) is 19.6. The summed E-state index contributed by atoms with van der Waals surface area (Å²) in [5.74, 6) is -0.0515. The first kappa shape index (κ1) is 20.7. The summed E-state index contributed by atoms with van der Waals surface area (Å²) < 4.78 is 7.22. The molecule has 0 atom stereocenters. The Hall–Kier alpha value is -4.05. The fraction of sp³-hybridized carbons (Fsp3) is 0.174. The molecule has 0 aliphatic rings. The molecule has 0 bridgehead atoms. The second-order valence-corrected chi connectivity index (χ2v) is 6.79. The third-order valence-electron chi connectivity index (χ3n) is 4.49. The number of nitrogens with one attached hydrogen (secondary N) is 2. The summed E-state index contributed by atoms with van der Waals surface area (Å²) >= 11 is 0. The van der Waals surface area contributed by atoms with Crippen LogP contribution < -0.4 is 15.5 Å². The van der Waals surface area contributed by atoms with E-state index in [0.717, 1.165) is 17.0 Å². The van der Waals surface area contributed by atoms with Gasteiger partial charge < -0.3 is 10.1 Å². The summed E-state index contributed by atoms with van der Waals surface area (Å²) in [7, 11) is 0. The molecule has 3 rings (SSSR count). The van der Waals surface area contributed by atoms with Crippen molar-refractivity contribution in [3.05, 3.63) is 83.2 Å². The van der Waals surface area contributed by atoms with Crippen LogP contribution in [0.1, 0.15) is 27.3 Å². The van der Waals surface area contributed by atoms with E-state index in [1.54, 1.807) is 53.2 Å². The molecule has 2 amide bonds. The molecule has 0 aliphatic carbocycles. The smallest absolute Gasteiger partial charge is 0.270 e. The minimum atomic E-state index is -0.302. The number of rotatable bonds is 7. The molecule has 0 saturated carbocycles. The van der Waals surface area contributed by atoms with Gasteiger partial charge in [0.15, 0.2) is 6.61 Å². The zero-order chi connectivity index (χ0) is 21.5. The van der Waals surface area contributed by atoms with Gasteiger partial charge in [-0.3, -0.25) is 19.7 Å². The Balaban J connectivity index is 1.51. The lowest BCUT2D eigenvalue weighted by atomic mass is 10.1. The van der Waals surface area contributed by atoms with E-state index >= 15 is 0 Å². The SMILES string of the molecule is Cc1ccc(C)n1NC(=O)c1ccc(OCC(=O)Nc2ccc(CC#N)cc2)cc1. The molecule has 2 N–H and O–H groups in total. The first-order chi connectivity index (χ1) is 14.5. The molecule has 3 aromatic rings. The van der Waals surface area contributed by atoms with Crippen molar-refractivity contribution < 1.29 is 14.3 Å². The monoisotopic (exact) mass is 402 g/mol. The van der Waals surface area contributed by atoms with Gasteiger partial charge in [0.2, 0.25) is 0 Å². The highest BCUT2D eigenvalue weighted by Gasteiger charge is 2.10. The van der Waals surface area contributed by atoms with Crippen molar-refractivity contribution in [3.8, 4) is 11.8 Å². The summed E-state index contributed by atoms with van der Waals surface area (Å²) in [5, 5.41) is 11.4. The average molecular weight is 402 g/mol. The van der Waals surface area contributed by atoms with Crippen LogP contribution in [0.3, 0.4) is 0 Å². The van der Waals surface area contributed by atoms with Crippen molar-refractivity contribution in [2.24, 2.45) is 0 Å². The number of aryl methyl sites for hydroxylation is 2. The van der Waals surface area contributed by atoms with Crippen LogP contribution in [-0.4, -0.2) is 23.1 Å². The molecule has 0 fully saturated rings. The lowest BCUT2D eigenvalue weighted by Gasteiger charge is -2.12. The standard InChI is InChI=1S/C23H22N4O3/c1-16-3-4-17(2)27(16)26-23(29)19-7-11-21(12-8-19)30-15-22(28)25-20-9-5-18(6-10-20)13-14-24/h3-12H,13,15H2,1-2H3,(H,25,28)(H,26,29). The van der Waals surface area contributed by atoms with Gasteiger partial charge in [-0.05, 0) is 67.9 Å².